The smallest absolute Gasteiger partial charge is 0.321 e. The van der Waals surface area contributed by atoms with Gasteiger partial charge in [-0.2, -0.15) is 0 Å². The Morgan fingerprint density at radius 2 is 1.82 bits per heavy atom. The Morgan fingerprint density at radius 3 is 2.12 bits per heavy atom. The highest BCUT2D eigenvalue weighted by molar-refractivity contribution is 8.09. The molecule has 0 aromatic rings. The molecule has 0 aliphatic carbocycles. The van der Waals surface area contributed by atoms with E-state index in [-0.39, 0.29) is 5.92 Å². The van der Waals surface area contributed by atoms with Crippen molar-refractivity contribution in [3.05, 3.63) is 0 Å². The summed E-state index contributed by atoms with van der Waals surface area (Å²) in [6.07, 6.45) is 0.748. The van der Waals surface area contributed by atoms with Gasteiger partial charge in [0.2, 0.25) is 0 Å². The highest BCUT2D eigenvalue weighted by atomic mass is 32.5. The van der Waals surface area contributed by atoms with Gasteiger partial charge in [-0.15, -0.1) is 0 Å². The van der Waals surface area contributed by atoms with Crippen molar-refractivity contribution >= 4 is 24.4 Å². The largest absolute Gasteiger partial charge is 0.480 e. The van der Waals surface area contributed by atoms with Gasteiger partial charge in [-0.3, -0.25) is 4.79 Å². The van der Waals surface area contributed by atoms with Gasteiger partial charge < -0.3 is 14.2 Å². The van der Waals surface area contributed by atoms with Crippen LogP contribution in [0.2, 0.25) is 0 Å². The molecule has 0 spiro atoms. The van der Waals surface area contributed by atoms with Gasteiger partial charge in [-0.1, -0.05) is 20.3 Å². The maximum absolute atomic E-state index is 11.2. The third-order valence-corrected chi connectivity index (χ3v) is 5.11. The first-order valence-electron chi connectivity index (χ1n) is 5.79. The van der Waals surface area contributed by atoms with Crippen LogP contribution in [0.25, 0.3) is 0 Å². The summed E-state index contributed by atoms with van der Waals surface area (Å²) in [6.45, 7) is 5.52. The predicted molar refractivity (Wildman–Crippen MR) is 71.6 cm³/mol. The molecule has 0 bridgehead atoms. The Kier molecular flexibility index (Phi) is 8.16. The molecule has 0 rings (SSSR count). The monoisotopic (exact) mass is 283 g/mol. The number of nitrogens with one attached hydrogen (secondary N) is 1. The lowest BCUT2D eigenvalue weighted by Crippen LogP contribution is -2.40. The van der Waals surface area contributed by atoms with Crippen LogP contribution in [0.5, 0.6) is 0 Å². The van der Waals surface area contributed by atoms with E-state index in [1.165, 1.54) is 0 Å². The number of rotatable bonds is 9. The van der Waals surface area contributed by atoms with Crippen molar-refractivity contribution in [2.45, 2.75) is 40.2 Å². The summed E-state index contributed by atoms with van der Waals surface area (Å²) in [5, 5.41) is 12.0. The van der Waals surface area contributed by atoms with E-state index < -0.39 is 18.7 Å². The Morgan fingerprint density at radius 1 is 1.35 bits per heavy atom. The normalized spacial score (nSPS) is 15.5. The zero-order valence-corrected chi connectivity index (χ0v) is 12.5. The Balaban J connectivity index is 4.79. The molecule has 0 saturated heterocycles. The molecule has 0 aromatic heterocycles. The van der Waals surface area contributed by atoms with Crippen molar-refractivity contribution < 1.29 is 18.9 Å². The second-order valence-corrected chi connectivity index (χ2v) is 6.88. The van der Waals surface area contributed by atoms with Crippen molar-refractivity contribution in [3.8, 4) is 0 Å². The van der Waals surface area contributed by atoms with Crippen molar-refractivity contribution in [2.75, 3.05) is 13.2 Å². The molecule has 0 fully saturated rings. The molecule has 5 nitrogen and oxygen atoms in total. The molecule has 2 atom stereocenters. The van der Waals surface area contributed by atoms with Gasteiger partial charge in [0, 0.05) is 0 Å². The van der Waals surface area contributed by atoms with E-state index in [2.05, 4.69) is 5.09 Å². The zero-order valence-electron chi connectivity index (χ0n) is 10.8. The fourth-order valence-electron chi connectivity index (χ4n) is 1.28. The van der Waals surface area contributed by atoms with E-state index in [0.29, 0.717) is 13.2 Å². The summed E-state index contributed by atoms with van der Waals surface area (Å²) in [7, 11) is 0. The number of aliphatic carboxylic acids is 1. The van der Waals surface area contributed by atoms with E-state index >= 15 is 0 Å². The first-order chi connectivity index (χ1) is 7.90. The van der Waals surface area contributed by atoms with Crippen LogP contribution in [-0.4, -0.2) is 30.3 Å². The van der Waals surface area contributed by atoms with Crippen LogP contribution in [-0.2, 0) is 25.6 Å². The number of hydrogen-bond donors (Lipinski definition) is 2. The Labute approximate surface area is 108 Å². The van der Waals surface area contributed by atoms with E-state index in [1.54, 1.807) is 13.8 Å². The third kappa shape index (κ3) is 5.93. The molecule has 0 unspecified atom stereocenters. The van der Waals surface area contributed by atoms with Gasteiger partial charge in [0.05, 0.1) is 13.2 Å². The predicted octanol–water partition coefficient (Wildman–Crippen LogP) is 2.37. The van der Waals surface area contributed by atoms with Gasteiger partial charge in [0.25, 0.3) is 6.64 Å². The van der Waals surface area contributed by atoms with Crippen LogP contribution in [0.4, 0.5) is 0 Å². The average Bonchev–Trinajstić information content (AvgIpc) is 2.25. The standard InChI is InChI=1S/C10H22NO4PS/c1-5-8(4)9(10(12)13)11-16(17,14-6-2)15-7-3/h8-9H,5-7H2,1-4H3,(H,11,17)(H,12,13)/t8-,9-/m0/s1. The Hall–Kier alpha value is -0.0000000000000000763. The van der Waals surface area contributed by atoms with Crippen molar-refractivity contribution in [1.82, 2.24) is 5.09 Å². The van der Waals surface area contributed by atoms with Gasteiger partial charge in [0.1, 0.15) is 6.04 Å². The van der Waals surface area contributed by atoms with E-state index in [4.69, 9.17) is 20.9 Å². The summed E-state index contributed by atoms with van der Waals surface area (Å²) in [4.78, 5) is 11.2. The van der Waals surface area contributed by atoms with Crippen molar-refractivity contribution in [3.63, 3.8) is 0 Å². The second-order valence-electron chi connectivity index (χ2n) is 3.66. The minimum Gasteiger partial charge on any atom is -0.480 e. The summed E-state index contributed by atoms with van der Waals surface area (Å²) in [5.41, 5.74) is 0. The molecule has 102 valence electrons. The molecule has 0 radical (unpaired) electrons. The first-order valence-corrected chi connectivity index (χ1v) is 8.43. The molecule has 0 aliphatic heterocycles. The SMILES string of the molecule is CCOP(=S)(N[C@H](C(=O)O)[C@@H](C)CC)OCC. The highest BCUT2D eigenvalue weighted by Crippen LogP contribution is 2.45. The van der Waals surface area contributed by atoms with Gasteiger partial charge in [-0.05, 0) is 31.6 Å². The number of carbonyl (C=O) groups is 1. The summed E-state index contributed by atoms with van der Waals surface area (Å²) >= 11 is 5.26. The van der Waals surface area contributed by atoms with Gasteiger partial charge in [-0.25, -0.2) is 5.09 Å². The van der Waals surface area contributed by atoms with Crippen molar-refractivity contribution in [1.29, 1.82) is 0 Å². The molecule has 2 N–H and O–H groups in total. The maximum atomic E-state index is 11.2. The van der Waals surface area contributed by atoms with E-state index in [0.717, 1.165) is 6.42 Å². The average molecular weight is 283 g/mol. The van der Waals surface area contributed by atoms with E-state index in [1.807, 2.05) is 13.8 Å². The molecule has 0 saturated carbocycles. The Bertz CT molecular complexity index is 277. The quantitative estimate of drug-likeness (QED) is 0.633. The van der Waals surface area contributed by atoms with Crippen LogP contribution in [0, 0.1) is 5.92 Å². The maximum Gasteiger partial charge on any atom is 0.321 e. The zero-order chi connectivity index (χ0) is 13.5. The van der Waals surface area contributed by atoms with E-state index in [9.17, 15) is 9.90 Å². The van der Waals surface area contributed by atoms with Crippen LogP contribution < -0.4 is 5.09 Å². The molecular formula is C10H22NO4PS. The number of carboxylic acids is 1. The van der Waals surface area contributed by atoms with Crippen LogP contribution in [0.15, 0.2) is 0 Å². The van der Waals surface area contributed by atoms with Gasteiger partial charge in [0.15, 0.2) is 0 Å². The fraction of sp³-hybridized carbons (Fsp3) is 0.900. The van der Waals surface area contributed by atoms with Crippen LogP contribution in [0.1, 0.15) is 34.1 Å². The lowest BCUT2D eigenvalue weighted by Gasteiger charge is -2.28. The minimum absolute atomic E-state index is 0.0317. The summed E-state index contributed by atoms with van der Waals surface area (Å²) in [6, 6.07) is -0.732. The summed E-state index contributed by atoms with van der Waals surface area (Å²) < 4.78 is 10.7. The molecule has 0 heterocycles. The molecule has 7 heteroatoms. The second kappa shape index (κ2) is 8.16. The number of carboxylic acid groups (broad SMARTS) is 1. The van der Waals surface area contributed by atoms with Crippen LogP contribution in [0.3, 0.4) is 0 Å². The minimum atomic E-state index is -2.69. The molecular weight excluding hydrogens is 261 g/mol. The number of hydrogen-bond acceptors (Lipinski definition) is 4. The summed E-state index contributed by atoms with van der Waals surface area (Å²) in [5.74, 6) is -0.955. The highest BCUT2D eigenvalue weighted by Gasteiger charge is 2.30. The molecule has 0 aromatic carbocycles. The van der Waals surface area contributed by atoms with Crippen LogP contribution >= 0.6 is 6.64 Å². The van der Waals surface area contributed by atoms with Crippen molar-refractivity contribution in [2.24, 2.45) is 5.92 Å². The first kappa shape index (κ1) is 17.0. The molecule has 17 heavy (non-hydrogen) atoms. The lowest BCUT2D eigenvalue weighted by molar-refractivity contribution is -0.140. The molecule has 0 amide bonds. The lowest BCUT2D eigenvalue weighted by atomic mass is 10.0. The third-order valence-electron chi connectivity index (χ3n) is 2.37. The topological polar surface area (TPSA) is 67.8 Å². The fourth-order valence-corrected chi connectivity index (χ4v) is 3.87. The molecule has 0 aliphatic rings. The van der Waals surface area contributed by atoms with Gasteiger partial charge >= 0.3 is 5.97 Å².